The highest BCUT2D eigenvalue weighted by Gasteiger charge is 2.24. The third kappa shape index (κ3) is 4.11. The molecule has 0 radical (unpaired) electrons. The van der Waals surface area contributed by atoms with Crippen LogP contribution >= 0.6 is 0 Å². The lowest BCUT2D eigenvalue weighted by Crippen LogP contribution is -2.50. The molecule has 0 aliphatic carbocycles. The summed E-state index contributed by atoms with van der Waals surface area (Å²) in [7, 11) is 0. The maximum Gasteiger partial charge on any atom is 0.251 e. The van der Waals surface area contributed by atoms with Gasteiger partial charge < -0.3 is 5.32 Å². The van der Waals surface area contributed by atoms with Crippen LogP contribution in [0, 0.1) is 11.6 Å². The van der Waals surface area contributed by atoms with Crippen molar-refractivity contribution in [1.29, 1.82) is 0 Å². The van der Waals surface area contributed by atoms with Gasteiger partial charge in [0.25, 0.3) is 5.91 Å². The molecule has 1 aliphatic rings. The lowest BCUT2D eigenvalue weighted by Gasteiger charge is -2.27. The van der Waals surface area contributed by atoms with Crippen LogP contribution in [0.25, 0.3) is 0 Å². The van der Waals surface area contributed by atoms with Crippen LogP contribution in [0.5, 0.6) is 0 Å². The minimum atomic E-state index is -0.980. The molecule has 0 saturated carbocycles. The van der Waals surface area contributed by atoms with Gasteiger partial charge in [0, 0.05) is 18.4 Å². The molecule has 0 unspecified atom stereocenters. The van der Waals surface area contributed by atoms with Crippen molar-refractivity contribution in [3.05, 3.63) is 65.2 Å². The predicted octanol–water partition coefficient (Wildman–Crippen LogP) is 2.61. The summed E-state index contributed by atoms with van der Waals surface area (Å²) in [5.74, 6) is -2.83. The molecule has 2 aromatic rings. The van der Waals surface area contributed by atoms with Gasteiger partial charge in [0.15, 0.2) is 11.6 Å². The molecule has 1 fully saturated rings. The molecular formula is C19H17F2N3O3. The zero-order valence-electron chi connectivity index (χ0n) is 14.5. The van der Waals surface area contributed by atoms with E-state index >= 15 is 0 Å². The van der Waals surface area contributed by atoms with Crippen molar-refractivity contribution in [2.45, 2.75) is 25.8 Å². The maximum absolute atomic E-state index is 13.3. The Kier molecular flexibility index (Phi) is 5.16. The average molecular weight is 373 g/mol. The van der Waals surface area contributed by atoms with Crippen molar-refractivity contribution in [2.75, 3.05) is 5.01 Å². The number of nitrogens with zero attached hydrogens (tertiary/aromatic N) is 1. The fourth-order valence-electron chi connectivity index (χ4n) is 2.69. The lowest BCUT2D eigenvalue weighted by atomic mass is 10.1. The van der Waals surface area contributed by atoms with E-state index in [0.717, 1.165) is 17.1 Å². The van der Waals surface area contributed by atoms with Gasteiger partial charge in [-0.15, -0.1) is 0 Å². The molecule has 3 amide bonds. The number of anilines is 1. The van der Waals surface area contributed by atoms with Gasteiger partial charge in [-0.3, -0.25) is 19.8 Å². The Morgan fingerprint density at radius 1 is 1.07 bits per heavy atom. The molecule has 2 aromatic carbocycles. The number of hydrazine groups is 1. The Balaban J connectivity index is 1.69. The van der Waals surface area contributed by atoms with Crippen LogP contribution in [0.3, 0.4) is 0 Å². The van der Waals surface area contributed by atoms with Gasteiger partial charge in [-0.05, 0) is 48.9 Å². The average Bonchev–Trinajstić information content (AvgIpc) is 2.66. The number of halogens is 2. The quantitative estimate of drug-likeness (QED) is 0.865. The minimum absolute atomic E-state index is 0.125. The van der Waals surface area contributed by atoms with Crippen molar-refractivity contribution in [1.82, 2.24) is 10.7 Å². The Labute approximate surface area is 154 Å². The monoisotopic (exact) mass is 373 g/mol. The molecule has 8 heteroatoms. The van der Waals surface area contributed by atoms with Gasteiger partial charge in [0.2, 0.25) is 11.8 Å². The van der Waals surface area contributed by atoms with E-state index in [9.17, 15) is 23.2 Å². The van der Waals surface area contributed by atoms with E-state index in [0.29, 0.717) is 16.8 Å². The van der Waals surface area contributed by atoms with Crippen LogP contribution in [0.1, 0.15) is 41.7 Å². The summed E-state index contributed by atoms with van der Waals surface area (Å²) < 4.78 is 26.3. The fourth-order valence-corrected chi connectivity index (χ4v) is 2.69. The molecule has 0 bridgehead atoms. The molecule has 3 rings (SSSR count). The maximum atomic E-state index is 13.3. The van der Waals surface area contributed by atoms with Gasteiger partial charge in [-0.25, -0.2) is 13.8 Å². The van der Waals surface area contributed by atoms with Gasteiger partial charge in [0.05, 0.1) is 11.7 Å². The summed E-state index contributed by atoms with van der Waals surface area (Å²) in [5, 5.41) is 3.85. The van der Waals surface area contributed by atoms with Crippen molar-refractivity contribution >= 4 is 23.4 Å². The first-order chi connectivity index (χ1) is 12.8. The third-order valence-corrected chi connectivity index (χ3v) is 4.23. The Morgan fingerprint density at radius 3 is 2.44 bits per heavy atom. The Hall–Kier alpha value is -3.29. The van der Waals surface area contributed by atoms with E-state index in [2.05, 4.69) is 10.7 Å². The van der Waals surface area contributed by atoms with Crippen LogP contribution in [-0.4, -0.2) is 17.7 Å². The smallest absolute Gasteiger partial charge is 0.251 e. The largest absolute Gasteiger partial charge is 0.346 e. The van der Waals surface area contributed by atoms with E-state index in [1.807, 2.05) is 0 Å². The summed E-state index contributed by atoms with van der Waals surface area (Å²) in [6.07, 6.45) is 0.275. The number of carbonyl (C=O) groups is 3. The molecule has 1 saturated heterocycles. The molecule has 0 aromatic heterocycles. The molecular weight excluding hydrogens is 356 g/mol. The second kappa shape index (κ2) is 7.53. The van der Waals surface area contributed by atoms with Gasteiger partial charge in [-0.2, -0.15) is 0 Å². The first kappa shape index (κ1) is 18.5. The van der Waals surface area contributed by atoms with E-state index in [1.54, 1.807) is 19.1 Å². The Morgan fingerprint density at radius 2 is 1.78 bits per heavy atom. The van der Waals surface area contributed by atoms with Crippen molar-refractivity contribution in [3.8, 4) is 0 Å². The van der Waals surface area contributed by atoms with E-state index in [1.165, 1.54) is 18.2 Å². The zero-order chi connectivity index (χ0) is 19.6. The van der Waals surface area contributed by atoms with Crippen LogP contribution in [-0.2, 0) is 9.59 Å². The molecule has 2 N–H and O–H groups in total. The van der Waals surface area contributed by atoms with Crippen LogP contribution in [0.2, 0.25) is 0 Å². The summed E-state index contributed by atoms with van der Waals surface area (Å²) in [6, 6.07) is 9.02. The molecule has 0 spiro atoms. The normalized spacial score (nSPS) is 15.3. The predicted molar refractivity (Wildman–Crippen MR) is 93.5 cm³/mol. The summed E-state index contributed by atoms with van der Waals surface area (Å²) >= 11 is 0. The van der Waals surface area contributed by atoms with E-state index < -0.39 is 23.6 Å². The lowest BCUT2D eigenvalue weighted by molar-refractivity contribution is -0.130. The number of rotatable bonds is 4. The second-order valence-electron chi connectivity index (χ2n) is 6.18. The molecule has 1 heterocycles. The van der Waals surface area contributed by atoms with Crippen LogP contribution < -0.4 is 15.8 Å². The Bertz CT molecular complexity index is 900. The number of benzene rings is 2. The fraction of sp³-hybridized carbons (Fsp3) is 0.211. The van der Waals surface area contributed by atoms with Gasteiger partial charge >= 0.3 is 0 Å². The van der Waals surface area contributed by atoms with Crippen LogP contribution in [0.15, 0.2) is 42.5 Å². The molecule has 27 heavy (non-hydrogen) atoms. The third-order valence-electron chi connectivity index (χ3n) is 4.23. The standard InChI is InChI=1S/C19H17F2N3O3/c1-11(13-4-7-15(20)16(21)10-13)22-19(27)12-2-5-14(6-3-12)24-18(26)9-8-17(25)23-24/h2-7,10-11H,8-9H2,1H3,(H,22,27)(H,23,25)/t11-/m1/s1. The SMILES string of the molecule is C[C@@H](NC(=O)c1ccc(N2NC(=O)CCC2=O)cc1)c1ccc(F)c(F)c1. The zero-order valence-corrected chi connectivity index (χ0v) is 14.5. The van der Waals surface area contributed by atoms with Crippen LogP contribution in [0.4, 0.5) is 14.5 Å². The summed E-state index contributed by atoms with van der Waals surface area (Å²) in [6.45, 7) is 1.65. The molecule has 1 atom stereocenters. The number of nitrogens with one attached hydrogen (secondary N) is 2. The van der Waals surface area contributed by atoms with Gasteiger partial charge in [0.1, 0.15) is 0 Å². The summed E-state index contributed by atoms with van der Waals surface area (Å²) in [4.78, 5) is 35.7. The van der Waals surface area contributed by atoms with Crippen molar-refractivity contribution in [3.63, 3.8) is 0 Å². The molecule has 1 aliphatic heterocycles. The number of amides is 3. The summed E-state index contributed by atoms with van der Waals surface area (Å²) in [5.41, 5.74) is 3.67. The van der Waals surface area contributed by atoms with Crippen molar-refractivity contribution < 1.29 is 23.2 Å². The number of carbonyl (C=O) groups excluding carboxylic acids is 3. The molecule has 140 valence electrons. The first-order valence-electron chi connectivity index (χ1n) is 8.33. The van der Waals surface area contributed by atoms with E-state index in [-0.39, 0.29) is 24.7 Å². The topological polar surface area (TPSA) is 78.5 Å². The number of hydrogen-bond donors (Lipinski definition) is 2. The highest BCUT2D eigenvalue weighted by molar-refractivity contribution is 6.01. The molecule has 6 nitrogen and oxygen atoms in total. The second-order valence-corrected chi connectivity index (χ2v) is 6.18. The highest BCUT2D eigenvalue weighted by atomic mass is 19.2. The minimum Gasteiger partial charge on any atom is -0.346 e. The van der Waals surface area contributed by atoms with Gasteiger partial charge in [-0.1, -0.05) is 6.07 Å². The highest BCUT2D eigenvalue weighted by Crippen LogP contribution is 2.19. The number of hydrogen-bond acceptors (Lipinski definition) is 3. The first-order valence-corrected chi connectivity index (χ1v) is 8.33. The van der Waals surface area contributed by atoms with E-state index in [4.69, 9.17) is 0 Å². The van der Waals surface area contributed by atoms with Crippen molar-refractivity contribution in [2.24, 2.45) is 0 Å².